The summed E-state index contributed by atoms with van der Waals surface area (Å²) in [6.45, 7) is 0.589. The molecule has 5 heteroatoms. The Kier molecular flexibility index (Phi) is 5.25. The van der Waals surface area contributed by atoms with Gasteiger partial charge in [-0.1, -0.05) is 12.1 Å². The normalized spacial score (nSPS) is 12.6. The summed E-state index contributed by atoms with van der Waals surface area (Å²) in [6.07, 6.45) is 0. The number of halogens is 1. The van der Waals surface area contributed by atoms with Gasteiger partial charge in [-0.3, -0.25) is 9.69 Å². The highest BCUT2D eigenvalue weighted by Crippen LogP contribution is 2.18. The van der Waals surface area contributed by atoms with E-state index >= 15 is 0 Å². The summed E-state index contributed by atoms with van der Waals surface area (Å²) in [6, 6.07) is 6.15. The minimum atomic E-state index is -0.293. The Morgan fingerprint density at radius 2 is 2.06 bits per heavy atom. The van der Waals surface area contributed by atoms with Gasteiger partial charge in [0.1, 0.15) is 5.82 Å². The van der Waals surface area contributed by atoms with Gasteiger partial charge in [0.25, 0.3) is 0 Å². The fourth-order valence-electron chi connectivity index (χ4n) is 1.75. The van der Waals surface area contributed by atoms with Gasteiger partial charge in [0, 0.05) is 26.7 Å². The van der Waals surface area contributed by atoms with Gasteiger partial charge in [-0.25, -0.2) is 4.39 Å². The summed E-state index contributed by atoms with van der Waals surface area (Å²) >= 11 is 0. The highest BCUT2D eigenvalue weighted by molar-refractivity contribution is 5.77. The molecule has 18 heavy (non-hydrogen) atoms. The van der Waals surface area contributed by atoms with E-state index in [2.05, 4.69) is 0 Å². The van der Waals surface area contributed by atoms with E-state index < -0.39 is 0 Å². The van der Waals surface area contributed by atoms with Crippen molar-refractivity contribution in [2.45, 2.75) is 6.04 Å². The third kappa shape index (κ3) is 3.78. The largest absolute Gasteiger partial charge is 0.348 e. The molecule has 0 spiro atoms. The number of nitrogens with zero attached hydrogens (tertiary/aromatic N) is 2. The summed E-state index contributed by atoms with van der Waals surface area (Å²) in [5.41, 5.74) is 6.50. The second kappa shape index (κ2) is 6.47. The summed E-state index contributed by atoms with van der Waals surface area (Å²) in [7, 11) is 5.22. The van der Waals surface area contributed by atoms with Crippen LogP contribution in [-0.4, -0.2) is 49.9 Å². The Bertz CT molecular complexity index is 409. The topological polar surface area (TPSA) is 49.6 Å². The van der Waals surface area contributed by atoms with Gasteiger partial charge < -0.3 is 10.6 Å². The number of carbonyl (C=O) groups excluding carboxylic acids is 1. The van der Waals surface area contributed by atoms with Crippen LogP contribution in [0.1, 0.15) is 11.6 Å². The van der Waals surface area contributed by atoms with Crippen molar-refractivity contribution in [1.29, 1.82) is 0 Å². The zero-order valence-corrected chi connectivity index (χ0v) is 11.1. The van der Waals surface area contributed by atoms with Crippen molar-refractivity contribution in [3.05, 3.63) is 35.6 Å². The highest BCUT2D eigenvalue weighted by atomic mass is 19.1. The lowest BCUT2D eigenvalue weighted by Gasteiger charge is -2.27. The molecule has 1 aromatic carbocycles. The lowest BCUT2D eigenvalue weighted by molar-refractivity contribution is -0.130. The molecule has 1 atom stereocenters. The van der Waals surface area contributed by atoms with E-state index in [9.17, 15) is 9.18 Å². The van der Waals surface area contributed by atoms with Gasteiger partial charge >= 0.3 is 0 Å². The molecule has 1 amide bonds. The number of rotatable bonds is 5. The molecule has 2 N–H and O–H groups in total. The van der Waals surface area contributed by atoms with Gasteiger partial charge in [-0.2, -0.15) is 0 Å². The number of carbonyl (C=O) groups is 1. The van der Waals surface area contributed by atoms with Crippen LogP contribution in [0.15, 0.2) is 24.3 Å². The first-order valence-electron chi connectivity index (χ1n) is 5.81. The molecule has 0 bridgehead atoms. The minimum absolute atomic E-state index is 0.00708. The number of likely N-dealkylation sites (N-methyl/N-ethyl adjacent to an activating group) is 2. The van der Waals surface area contributed by atoms with Crippen molar-refractivity contribution in [1.82, 2.24) is 9.80 Å². The monoisotopic (exact) mass is 253 g/mol. The highest BCUT2D eigenvalue weighted by Gasteiger charge is 2.19. The van der Waals surface area contributed by atoms with E-state index in [0.29, 0.717) is 6.54 Å². The third-order valence-corrected chi connectivity index (χ3v) is 2.87. The summed E-state index contributed by atoms with van der Waals surface area (Å²) in [5.74, 6) is -0.300. The molecule has 0 aliphatic carbocycles. The van der Waals surface area contributed by atoms with Crippen molar-refractivity contribution in [2.75, 3.05) is 34.2 Å². The molecule has 0 heterocycles. The molecule has 100 valence electrons. The van der Waals surface area contributed by atoms with Gasteiger partial charge in [-0.05, 0) is 24.7 Å². The predicted octanol–water partition coefficient (Wildman–Crippen LogP) is 0.846. The van der Waals surface area contributed by atoms with Crippen LogP contribution in [-0.2, 0) is 4.79 Å². The molecular formula is C13H20FN3O. The standard InChI is InChI=1S/C13H20FN3O/c1-16(2)13(18)9-17(3)12(8-15)10-5-4-6-11(14)7-10/h4-7,12H,8-9,15H2,1-3H3. The smallest absolute Gasteiger partial charge is 0.236 e. The Balaban J connectivity index is 2.80. The quantitative estimate of drug-likeness (QED) is 0.846. The van der Waals surface area contributed by atoms with Gasteiger partial charge in [0.15, 0.2) is 0 Å². The molecule has 4 nitrogen and oxygen atoms in total. The van der Waals surface area contributed by atoms with Gasteiger partial charge in [0.2, 0.25) is 5.91 Å². The maximum atomic E-state index is 13.2. The molecule has 0 aliphatic rings. The summed E-state index contributed by atoms with van der Waals surface area (Å²) < 4.78 is 13.2. The van der Waals surface area contributed by atoms with Crippen LogP contribution in [0.5, 0.6) is 0 Å². The summed E-state index contributed by atoms with van der Waals surface area (Å²) in [5, 5.41) is 0. The van der Waals surface area contributed by atoms with Crippen LogP contribution in [0, 0.1) is 5.82 Å². The molecule has 0 fully saturated rings. The molecule has 0 saturated heterocycles. The van der Waals surface area contributed by atoms with Crippen molar-refractivity contribution in [2.24, 2.45) is 5.73 Å². The first-order valence-corrected chi connectivity index (χ1v) is 5.81. The van der Waals surface area contributed by atoms with Crippen molar-refractivity contribution >= 4 is 5.91 Å². The molecule has 0 radical (unpaired) electrons. The van der Waals surface area contributed by atoms with E-state index in [1.54, 1.807) is 20.2 Å². The average molecular weight is 253 g/mol. The number of hydrogen-bond acceptors (Lipinski definition) is 3. The van der Waals surface area contributed by atoms with Crippen molar-refractivity contribution in [3.63, 3.8) is 0 Å². The van der Waals surface area contributed by atoms with Gasteiger partial charge in [0.05, 0.1) is 6.54 Å². The molecule has 1 rings (SSSR count). The molecule has 0 saturated carbocycles. The molecule has 0 aliphatic heterocycles. The van der Waals surface area contributed by atoms with Crippen LogP contribution >= 0.6 is 0 Å². The third-order valence-electron chi connectivity index (χ3n) is 2.87. The number of nitrogens with two attached hydrogens (primary N) is 1. The predicted molar refractivity (Wildman–Crippen MR) is 69.5 cm³/mol. The second-order valence-corrected chi connectivity index (χ2v) is 4.51. The zero-order valence-electron chi connectivity index (χ0n) is 11.1. The van der Waals surface area contributed by atoms with E-state index in [1.807, 2.05) is 18.0 Å². The van der Waals surface area contributed by atoms with Crippen molar-refractivity contribution < 1.29 is 9.18 Å². The maximum absolute atomic E-state index is 13.2. The average Bonchev–Trinajstić information content (AvgIpc) is 2.29. The second-order valence-electron chi connectivity index (χ2n) is 4.51. The lowest BCUT2D eigenvalue weighted by atomic mass is 10.1. The maximum Gasteiger partial charge on any atom is 0.236 e. The molecule has 0 aromatic heterocycles. The number of amides is 1. The zero-order chi connectivity index (χ0) is 13.7. The Labute approximate surface area is 107 Å². The lowest BCUT2D eigenvalue weighted by Crippen LogP contribution is -2.38. The van der Waals surface area contributed by atoms with Gasteiger partial charge in [-0.15, -0.1) is 0 Å². The molecule has 1 aromatic rings. The first-order chi connectivity index (χ1) is 8.45. The SMILES string of the molecule is CN(C)C(=O)CN(C)C(CN)c1cccc(F)c1. The van der Waals surface area contributed by atoms with Crippen LogP contribution < -0.4 is 5.73 Å². The van der Waals surface area contributed by atoms with Crippen LogP contribution in [0.25, 0.3) is 0 Å². The minimum Gasteiger partial charge on any atom is -0.348 e. The fraction of sp³-hybridized carbons (Fsp3) is 0.462. The van der Waals surface area contributed by atoms with Crippen molar-refractivity contribution in [3.8, 4) is 0 Å². The Morgan fingerprint density at radius 3 is 2.56 bits per heavy atom. The number of benzene rings is 1. The van der Waals surface area contributed by atoms with Crippen LogP contribution in [0.3, 0.4) is 0 Å². The van der Waals surface area contributed by atoms with E-state index in [-0.39, 0.29) is 24.3 Å². The van der Waals surface area contributed by atoms with E-state index in [4.69, 9.17) is 5.73 Å². The van der Waals surface area contributed by atoms with E-state index in [0.717, 1.165) is 5.56 Å². The Hall–Kier alpha value is -1.46. The van der Waals surface area contributed by atoms with E-state index in [1.165, 1.54) is 17.0 Å². The first kappa shape index (κ1) is 14.6. The molecular weight excluding hydrogens is 233 g/mol. The number of hydrogen-bond donors (Lipinski definition) is 1. The fourth-order valence-corrected chi connectivity index (χ4v) is 1.75. The van der Waals surface area contributed by atoms with Crippen LogP contribution in [0.2, 0.25) is 0 Å². The molecule has 1 unspecified atom stereocenters. The summed E-state index contributed by atoms with van der Waals surface area (Å²) in [4.78, 5) is 15.0. The van der Waals surface area contributed by atoms with Crippen LogP contribution in [0.4, 0.5) is 4.39 Å². The Morgan fingerprint density at radius 1 is 1.39 bits per heavy atom.